The van der Waals surface area contributed by atoms with Crippen molar-refractivity contribution >= 4 is 35.6 Å². The van der Waals surface area contributed by atoms with Gasteiger partial charge in [0.05, 0.1) is 44.7 Å². The number of rotatable bonds is 10. The fourth-order valence-electron chi connectivity index (χ4n) is 3.10. The number of hydrogen-bond acceptors (Lipinski definition) is 8. The van der Waals surface area contributed by atoms with Crippen molar-refractivity contribution in [2.75, 3.05) is 27.9 Å². The van der Waals surface area contributed by atoms with Gasteiger partial charge in [-0.15, -0.1) is 0 Å². The Labute approximate surface area is 218 Å². The largest absolute Gasteiger partial charge is 0.493 e. The molecule has 10 nitrogen and oxygen atoms in total. The molecule has 0 saturated heterocycles. The maximum Gasteiger partial charge on any atom is 0.345 e. The Bertz CT molecular complexity index is 1280. The van der Waals surface area contributed by atoms with Gasteiger partial charge in [0.15, 0.2) is 11.5 Å². The number of amides is 2. The van der Waals surface area contributed by atoms with E-state index in [1.165, 1.54) is 39.7 Å². The minimum absolute atomic E-state index is 0.223. The third-order valence-corrected chi connectivity index (χ3v) is 5.25. The number of benzene rings is 3. The summed E-state index contributed by atoms with van der Waals surface area (Å²) in [6, 6.07) is 16.0. The van der Waals surface area contributed by atoms with E-state index in [1.54, 1.807) is 48.5 Å². The van der Waals surface area contributed by atoms with Crippen LogP contribution in [0.2, 0.25) is 5.02 Å². The SMILES string of the molecule is COc1cc(C(=O)NCC(=O)N/N=C\c2ccc(OC(=O)c3ccccc3Cl)cc2)cc(OC)c1OC. The van der Waals surface area contributed by atoms with E-state index in [2.05, 4.69) is 15.8 Å². The van der Waals surface area contributed by atoms with E-state index < -0.39 is 17.8 Å². The minimum Gasteiger partial charge on any atom is -0.493 e. The fourth-order valence-corrected chi connectivity index (χ4v) is 3.32. The first-order valence-electron chi connectivity index (χ1n) is 10.8. The molecular weight excluding hydrogens is 502 g/mol. The molecule has 0 saturated carbocycles. The molecule has 3 rings (SSSR count). The summed E-state index contributed by atoms with van der Waals surface area (Å²) >= 11 is 6.01. The molecule has 0 atom stereocenters. The summed E-state index contributed by atoms with van der Waals surface area (Å²) in [4.78, 5) is 36.8. The van der Waals surface area contributed by atoms with Crippen LogP contribution in [-0.4, -0.2) is 51.9 Å². The van der Waals surface area contributed by atoms with Crippen LogP contribution in [0.1, 0.15) is 26.3 Å². The Morgan fingerprint density at radius 3 is 2.16 bits per heavy atom. The highest BCUT2D eigenvalue weighted by Crippen LogP contribution is 2.38. The molecule has 0 unspecified atom stereocenters. The number of methoxy groups -OCH3 is 3. The van der Waals surface area contributed by atoms with Gasteiger partial charge in [0, 0.05) is 5.56 Å². The molecule has 3 aromatic carbocycles. The van der Waals surface area contributed by atoms with E-state index in [0.717, 1.165) is 0 Å². The average Bonchev–Trinajstić information content (AvgIpc) is 2.91. The first-order valence-corrected chi connectivity index (χ1v) is 11.2. The predicted octanol–water partition coefficient (Wildman–Crippen LogP) is 3.47. The molecule has 0 aliphatic carbocycles. The number of carbonyl (C=O) groups excluding carboxylic acids is 3. The molecule has 11 heteroatoms. The summed E-state index contributed by atoms with van der Waals surface area (Å²) in [5, 5.41) is 6.66. The number of ether oxygens (including phenoxy) is 4. The normalized spacial score (nSPS) is 10.5. The Morgan fingerprint density at radius 1 is 0.919 bits per heavy atom. The van der Waals surface area contributed by atoms with E-state index in [9.17, 15) is 14.4 Å². The van der Waals surface area contributed by atoms with Crippen LogP contribution in [0.3, 0.4) is 0 Å². The highest BCUT2D eigenvalue weighted by molar-refractivity contribution is 6.33. The van der Waals surface area contributed by atoms with Gasteiger partial charge in [-0.1, -0.05) is 23.7 Å². The summed E-state index contributed by atoms with van der Waals surface area (Å²) in [5.41, 5.74) is 3.44. The lowest BCUT2D eigenvalue weighted by atomic mass is 10.1. The Morgan fingerprint density at radius 2 is 1.57 bits per heavy atom. The molecule has 0 aromatic heterocycles. The maximum atomic E-state index is 12.5. The first kappa shape index (κ1) is 27.0. The Hall–Kier alpha value is -4.57. The van der Waals surface area contributed by atoms with Crippen molar-refractivity contribution in [2.45, 2.75) is 0 Å². The third kappa shape index (κ3) is 7.21. The number of carbonyl (C=O) groups is 3. The highest BCUT2D eigenvalue weighted by atomic mass is 35.5. The molecule has 0 aliphatic heterocycles. The fraction of sp³-hybridized carbons (Fsp3) is 0.154. The summed E-state index contributed by atoms with van der Waals surface area (Å²) in [5.74, 6) is -0.340. The molecule has 0 spiro atoms. The van der Waals surface area contributed by atoms with E-state index in [0.29, 0.717) is 33.6 Å². The van der Waals surface area contributed by atoms with Gasteiger partial charge in [-0.05, 0) is 54.1 Å². The summed E-state index contributed by atoms with van der Waals surface area (Å²) in [7, 11) is 4.33. The van der Waals surface area contributed by atoms with Crippen LogP contribution in [-0.2, 0) is 4.79 Å². The molecule has 0 bridgehead atoms. The summed E-state index contributed by atoms with van der Waals surface area (Å²) in [6.45, 7) is -0.316. The van der Waals surface area contributed by atoms with Crippen molar-refractivity contribution in [1.29, 1.82) is 0 Å². The lowest BCUT2D eigenvalue weighted by molar-refractivity contribution is -0.120. The van der Waals surface area contributed by atoms with Crippen molar-refractivity contribution in [3.8, 4) is 23.0 Å². The van der Waals surface area contributed by atoms with Crippen molar-refractivity contribution in [2.24, 2.45) is 5.10 Å². The van der Waals surface area contributed by atoms with Crippen LogP contribution < -0.4 is 29.7 Å². The summed E-state index contributed by atoms with van der Waals surface area (Å²) in [6.07, 6.45) is 1.40. The van der Waals surface area contributed by atoms with Crippen LogP contribution in [0.4, 0.5) is 0 Å². The van der Waals surface area contributed by atoms with Gasteiger partial charge in [-0.3, -0.25) is 9.59 Å². The molecule has 37 heavy (non-hydrogen) atoms. The molecule has 192 valence electrons. The van der Waals surface area contributed by atoms with E-state index in [4.69, 9.17) is 30.5 Å². The van der Waals surface area contributed by atoms with E-state index >= 15 is 0 Å². The maximum absolute atomic E-state index is 12.5. The quantitative estimate of drug-likeness (QED) is 0.180. The number of hydrogen-bond donors (Lipinski definition) is 2. The van der Waals surface area contributed by atoms with Gasteiger partial charge in [-0.2, -0.15) is 5.10 Å². The number of esters is 1. The zero-order valence-corrected chi connectivity index (χ0v) is 21.0. The van der Waals surface area contributed by atoms with Crippen molar-refractivity contribution in [1.82, 2.24) is 10.7 Å². The lowest BCUT2D eigenvalue weighted by Crippen LogP contribution is -2.34. The Balaban J connectivity index is 1.50. The first-order chi connectivity index (χ1) is 17.9. The molecule has 0 fully saturated rings. The van der Waals surface area contributed by atoms with Crippen molar-refractivity contribution in [3.05, 3.63) is 82.4 Å². The van der Waals surface area contributed by atoms with Crippen molar-refractivity contribution < 1.29 is 33.3 Å². The van der Waals surface area contributed by atoms with Crippen LogP contribution in [0.25, 0.3) is 0 Å². The van der Waals surface area contributed by atoms with Gasteiger partial charge in [0.2, 0.25) is 5.75 Å². The number of nitrogens with zero attached hydrogens (tertiary/aromatic N) is 1. The molecule has 0 heterocycles. The molecule has 2 N–H and O–H groups in total. The number of nitrogens with one attached hydrogen (secondary N) is 2. The zero-order valence-electron chi connectivity index (χ0n) is 20.2. The standard InChI is InChI=1S/C26H24ClN3O7/c1-34-21-12-17(13-22(35-2)24(21)36-3)25(32)28-15-23(31)30-29-14-16-8-10-18(11-9-16)37-26(33)19-6-4-5-7-20(19)27/h4-14H,15H2,1-3H3,(H,28,32)(H,30,31)/b29-14-. The second-order valence-corrected chi connectivity index (χ2v) is 7.74. The van der Waals surface area contributed by atoms with Gasteiger partial charge < -0.3 is 24.3 Å². The monoisotopic (exact) mass is 525 g/mol. The van der Waals surface area contributed by atoms with Gasteiger partial charge >= 0.3 is 5.97 Å². The van der Waals surface area contributed by atoms with Crippen LogP contribution >= 0.6 is 11.6 Å². The van der Waals surface area contributed by atoms with Gasteiger partial charge in [0.25, 0.3) is 11.8 Å². The van der Waals surface area contributed by atoms with E-state index in [-0.39, 0.29) is 17.7 Å². The minimum atomic E-state index is -0.576. The van der Waals surface area contributed by atoms with Crippen molar-refractivity contribution in [3.63, 3.8) is 0 Å². The Kier molecular flexibility index (Phi) is 9.45. The second kappa shape index (κ2) is 12.9. The molecule has 0 aliphatic rings. The topological polar surface area (TPSA) is 125 Å². The lowest BCUT2D eigenvalue weighted by Gasteiger charge is -2.14. The smallest absolute Gasteiger partial charge is 0.345 e. The average molecular weight is 526 g/mol. The number of halogens is 1. The van der Waals surface area contributed by atoms with Gasteiger partial charge in [-0.25, -0.2) is 10.2 Å². The van der Waals surface area contributed by atoms with Crippen LogP contribution in [0, 0.1) is 0 Å². The third-order valence-electron chi connectivity index (χ3n) is 4.92. The van der Waals surface area contributed by atoms with E-state index in [1.807, 2.05) is 0 Å². The predicted molar refractivity (Wildman–Crippen MR) is 137 cm³/mol. The molecular formula is C26H24ClN3O7. The zero-order chi connectivity index (χ0) is 26.8. The second-order valence-electron chi connectivity index (χ2n) is 7.33. The molecule has 3 aromatic rings. The highest BCUT2D eigenvalue weighted by Gasteiger charge is 2.17. The van der Waals surface area contributed by atoms with Crippen LogP contribution in [0.15, 0.2) is 65.8 Å². The molecule has 2 amide bonds. The number of hydrazone groups is 1. The van der Waals surface area contributed by atoms with Gasteiger partial charge in [0.1, 0.15) is 5.75 Å². The summed E-state index contributed by atoms with van der Waals surface area (Å²) < 4.78 is 21.0. The molecule has 0 radical (unpaired) electrons. The van der Waals surface area contributed by atoms with Crippen LogP contribution in [0.5, 0.6) is 23.0 Å².